The van der Waals surface area contributed by atoms with E-state index in [1.54, 1.807) is 11.8 Å². The molecule has 0 aromatic heterocycles. The molecular weight excluding hydrogens is 364 g/mol. The quantitative estimate of drug-likeness (QED) is 0.699. The van der Waals surface area contributed by atoms with Crippen LogP contribution in [-0.2, 0) is 16.1 Å². The third-order valence-electron chi connectivity index (χ3n) is 4.75. The van der Waals surface area contributed by atoms with E-state index in [9.17, 15) is 9.59 Å². The number of benzene rings is 2. The smallest absolute Gasteiger partial charge is 0.261 e. The molecule has 0 fully saturated rings. The van der Waals surface area contributed by atoms with Crippen molar-refractivity contribution in [2.75, 3.05) is 13.2 Å². The minimum Gasteiger partial charge on any atom is -0.484 e. The molecule has 2 aromatic rings. The largest absolute Gasteiger partial charge is 0.484 e. The van der Waals surface area contributed by atoms with Gasteiger partial charge in [0.05, 0.1) is 0 Å². The highest BCUT2D eigenvalue weighted by atomic mass is 16.5. The summed E-state index contributed by atoms with van der Waals surface area (Å²) in [6.07, 6.45) is 0.847. The zero-order chi connectivity index (χ0) is 21.4. The second kappa shape index (κ2) is 10.6. The summed E-state index contributed by atoms with van der Waals surface area (Å²) < 4.78 is 5.76. The van der Waals surface area contributed by atoms with Gasteiger partial charge in [0.15, 0.2) is 6.61 Å². The van der Waals surface area contributed by atoms with Gasteiger partial charge in [-0.05, 0) is 62.9 Å². The van der Waals surface area contributed by atoms with E-state index in [4.69, 9.17) is 4.74 Å². The second-order valence-corrected chi connectivity index (χ2v) is 7.59. The Kier molecular flexibility index (Phi) is 8.25. The number of amides is 2. The molecule has 5 heteroatoms. The first kappa shape index (κ1) is 22.5. The summed E-state index contributed by atoms with van der Waals surface area (Å²) in [6.45, 7) is 10.6. The minimum absolute atomic E-state index is 0.111. The highest BCUT2D eigenvalue weighted by molar-refractivity contribution is 5.87. The normalized spacial score (nSPS) is 11.6. The first-order chi connectivity index (χ1) is 13.8. The van der Waals surface area contributed by atoms with Crippen molar-refractivity contribution in [2.45, 2.75) is 53.6 Å². The zero-order valence-corrected chi connectivity index (χ0v) is 18.1. The fourth-order valence-electron chi connectivity index (χ4n) is 3.11. The van der Waals surface area contributed by atoms with Gasteiger partial charge in [-0.3, -0.25) is 9.59 Å². The summed E-state index contributed by atoms with van der Waals surface area (Å²) in [6, 6.07) is 13.3. The van der Waals surface area contributed by atoms with Gasteiger partial charge in [0.2, 0.25) is 5.91 Å². The molecule has 0 aliphatic rings. The Hall–Kier alpha value is -2.82. The molecule has 5 nitrogen and oxygen atoms in total. The molecule has 0 heterocycles. The van der Waals surface area contributed by atoms with E-state index in [0.29, 0.717) is 18.8 Å². The Morgan fingerprint density at radius 1 is 1.00 bits per heavy atom. The molecule has 2 amide bonds. The van der Waals surface area contributed by atoms with Crippen LogP contribution < -0.4 is 10.1 Å². The van der Waals surface area contributed by atoms with Crippen molar-refractivity contribution < 1.29 is 14.3 Å². The Labute approximate surface area is 174 Å². The van der Waals surface area contributed by atoms with Crippen LogP contribution in [0.5, 0.6) is 5.75 Å². The average molecular weight is 397 g/mol. The van der Waals surface area contributed by atoms with Gasteiger partial charge in [-0.25, -0.2) is 0 Å². The van der Waals surface area contributed by atoms with E-state index in [-0.39, 0.29) is 18.4 Å². The van der Waals surface area contributed by atoms with Gasteiger partial charge in [0.25, 0.3) is 5.91 Å². The lowest BCUT2D eigenvalue weighted by atomic mass is 10.1. The lowest BCUT2D eigenvalue weighted by Gasteiger charge is -2.28. The van der Waals surface area contributed by atoms with Gasteiger partial charge in [0, 0.05) is 13.1 Å². The van der Waals surface area contributed by atoms with Crippen molar-refractivity contribution in [1.82, 2.24) is 10.2 Å². The number of nitrogens with one attached hydrogen (secondary N) is 1. The second-order valence-electron chi connectivity index (χ2n) is 7.59. The summed E-state index contributed by atoms with van der Waals surface area (Å²) in [5.74, 6) is 0.289. The first-order valence-electron chi connectivity index (χ1n) is 10.1. The third kappa shape index (κ3) is 6.93. The summed E-state index contributed by atoms with van der Waals surface area (Å²) in [4.78, 5) is 27.1. The molecule has 156 valence electrons. The van der Waals surface area contributed by atoms with Crippen molar-refractivity contribution in [2.24, 2.45) is 0 Å². The van der Waals surface area contributed by atoms with Crippen LogP contribution in [0.3, 0.4) is 0 Å². The minimum atomic E-state index is -0.585. The monoisotopic (exact) mass is 396 g/mol. The van der Waals surface area contributed by atoms with Gasteiger partial charge in [-0.2, -0.15) is 0 Å². The Balaban J connectivity index is 2.14. The van der Waals surface area contributed by atoms with E-state index >= 15 is 0 Å². The standard InChI is InChI=1S/C24H32N2O3/c1-6-11-25-24(28)20(5)26(15-21-9-7-17(2)8-10-21)23(27)16-29-22-13-18(3)12-19(4)14-22/h7-10,12-14,20H,6,11,15-16H2,1-5H3,(H,25,28)/t20-/m0/s1. The molecule has 2 rings (SSSR count). The van der Waals surface area contributed by atoms with E-state index in [1.807, 2.05) is 64.1 Å². The van der Waals surface area contributed by atoms with Gasteiger partial charge in [-0.15, -0.1) is 0 Å². The summed E-state index contributed by atoms with van der Waals surface area (Å²) in [7, 11) is 0. The van der Waals surface area contributed by atoms with Crippen LogP contribution in [0.1, 0.15) is 42.5 Å². The molecule has 2 aromatic carbocycles. The predicted octanol–water partition coefficient (Wildman–Crippen LogP) is 3.93. The van der Waals surface area contributed by atoms with E-state index in [2.05, 4.69) is 11.4 Å². The van der Waals surface area contributed by atoms with E-state index in [1.165, 1.54) is 0 Å². The molecule has 0 aliphatic carbocycles. The van der Waals surface area contributed by atoms with Gasteiger partial charge < -0.3 is 15.0 Å². The molecule has 1 atom stereocenters. The maximum absolute atomic E-state index is 13.0. The number of hydrogen-bond donors (Lipinski definition) is 1. The van der Waals surface area contributed by atoms with Crippen LogP contribution in [0.2, 0.25) is 0 Å². The number of carbonyl (C=O) groups is 2. The lowest BCUT2D eigenvalue weighted by Crippen LogP contribution is -2.49. The molecule has 0 radical (unpaired) electrons. The highest BCUT2D eigenvalue weighted by Crippen LogP contribution is 2.17. The maximum Gasteiger partial charge on any atom is 0.261 e. The Morgan fingerprint density at radius 2 is 1.62 bits per heavy atom. The molecular formula is C24H32N2O3. The van der Waals surface area contributed by atoms with Crippen LogP contribution in [0.4, 0.5) is 0 Å². The summed E-state index contributed by atoms with van der Waals surface area (Å²) in [5, 5.41) is 2.88. The molecule has 0 bridgehead atoms. The Morgan fingerprint density at radius 3 is 2.21 bits per heavy atom. The predicted molar refractivity (Wildman–Crippen MR) is 116 cm³/mol. The number of nitrogens with zero attached hydrogens (tertiary/aromatic N) is 1. The lowest BCUT2D eigenvalue weighted by molar-refractivity contribution is -0.142. The number of aryl methyl sites for hydroxylation is 3. The Bertz CT molecular complexity index is 810. The first-order valence-corrected chi connectivity index (χ1v) is 10.1. The highest BCUT2D eigenvalue weighted by Gasteiger charge is 2.26. The van der Waals surface area contributed by atoms with Gasteiger partial charge >= 0.3 is 0 Å². The number of hydrogen-bond acceptors (Lipinski definition) is 3. The molecule has 0 aliphatic heterocycles. The van der Waals surface area contributed by atoms with Crippen LogP contribution in [-0.4, -0.2) is 35.9 Å². The maximum atomic E-state index is 13.0. The SMILES string of the molecule is CCCNC(=O)[C@H](C)N(Cc1ccc(C)cc1)C(=O)COc1cc(C)cc(C)c1. The van der Waals surface area contributed by atoms with Crippen LogP contribution >= 0.6 is 0 Å². The van der Waals surface area contributed by atoms with Crippen molar-refractivity contribution in [3.05, 3.63) is 64.7 Å². The fourth-order valence-corrected chi connectivity index (χ4v) is 3.11. The molecule has 29 heavy (non-hydrogen) atoms. The summed E-state index contributed by atoms with van der Waals surface area (Å²) in [5.41, 5.74) is 4.29. The van der Waals surface area contributed by atoms with Crippen molar-refractivity contribution >= 4 is 11.8 Å². The van der Waals surface area contributed by atoms with Gasteiger partial charge in [-0.1, -0.05) is 42.8 Å². The molecule has 1 N–H and O–H groups in total. The molecule has 0 saturated carbocycles. The van der Waals surface area contributed by atoms with Gasteiger partial charge in [0.1, 0.15) is 11.8 Å². The van der Waals surface area contributed by atoms with E-state index < -0.39 is 6.04 Å². The van der Waals surface area contributed by atoms with Crippen molar-refractivity contribution in [1.29, 1.82) is 0 Å². The van der Waals surface area contributed by atoms with Crippen molar-refractivity contribution in [3.8, 4) is 5.75 Å². The average Bonchev–Trinajstić information content (AvgIpc) is 2.68. The van der Waals surface area contributed by atoms with Crippen LogP contribution in [0.15, 0.2) is 42.5 Å². The fraction of sp³-hybridized carbons (Fsp3) is 0.417. The number of rotatable bonds is 9. The zero-order valence-electron chi connectivity index (χ0n) is 18.1. The molecule has 0 unspecified atom stereocenters. The van der Waals surface area contributed by atoms with Crippen LogP contribution in [0, 0.1) is 20.8 Å². The van der Waals surface area contributed by atoms with E-state index in [0.717, 1.165) is 28.7 Å². The van der Waals surface area contributed by atoms with Crippen molar-refractivity contribution in [3.63, 3.8) is 0 Å². The number of ether oxygens (including phenoxy) is 1. The topological polar surface area (TPSA) is 58.6 Å². The number of carbonyl (C=O) groups excluding carboxylic acids is 2. The molecule has 0 saturated heterocycles. The van der Waals surface area contributed by atoms with Crippen LogP contribution in [0.25, 0.3) is 0 Å². The third-order valence-corrected chi connectivity index (χ3v) is 4.75. The molecule has 0 spiro atoms. The summed E-state index contributed by atoms with van der Waals surface area (Å²) >= 11 is 0.